The molecular weight excluding hydrogens is 405 g/mol. The van der Waals surface area contributed by atoms with Crippen LogP contribution >= 0.6 is 0 Å². The molecule has 2 N–H and O–H groups in total. The first-order valence-electron chi connectivity index (χ1n) is 10.5. The van der Waals surface area contributed by atoms with Gasteiger partial charge < -0.3 is 19.8 Å². The van der Waals surface area contributed by atoms with Crippen LogP contribution in [0.2, 0.25) is 0 Å². The molecular formula is C23H32FNO6. The van der Waals surface area contributed by atoms with E-state index in [2.05, 4.69) is 0 Å². The van der Waals surface area contributed by atoms with Gasteiger partial charge in [-0.05, 0) is 57.7 Å². The number of hydrogen-bond acceptors (Lipinski definition) is 4. The van der Waals surface area contributed by atoms with Crippen LogP contribution in [0.1, 0.15) is 64.5 Å². The molecule has 31 heavy (non-hydrogen) atoms. The highest BCUT2D eigenvalue weighted by Gasteiger charge is 2.63. The van der Waals surface area contributed by atoms with Crippen LogP contribution in [0.5, 0.6) is 0 Å². The largest absolute Gasteiger partial charge is 0.481 e. The Kier molecular flexibility index (Phi) is 6.73. The SMILES string of the molecule is CC[C@]1(C(=O)O)CN(C(=O)OC(C)(C)C)C[C@](CC)(C(=O)O)C1c1cccc(F)c1C. The standard InChI is InChI=1S/C23H32FNO6/c1-7-22(18(26)27)12-25(20(30)31-21(4,5)6)13-23(8-2,19(28)29)17(22)15-10-9-11-16(24)14(15)3/h9-11,17H,7-8,12-13H2,1-6H3,(H,26,27)(H,28,29)/t22-,23-/m0/s1. The molecule has 1 amide bonds. The highest BCUT2D eigenvalue weighted by atomic mass is 19.1. The number of benzene rings is 1. The van der Waals surface area contributed by atoms with Crippen LogP contribution in [0.15, 0.2) is 18.2 Å². The fraction of sp³-hybridized carbons (Fsp3) is 0.609. The molecule has 1 fully saturated rings. The molecule has 1 aliphatic rings. The number of ether oxygens (including phenoxy) is 1. The highest BCUT2D eigenvalue weighted by molar-refractivity contribution is 5.85. The molecule has 2 atom stereocenters. The summed E-state index contributed by atoms with van der Waals surface area (Å²) in [5.74, 6) is -4.02. The lowest BCUT2D eigenvalue weighted by Crippen LogP contribution is -2.64. The van der Waals surface area contributed by atoms with Gasteiger partial charge in [0.15, 0.2) is 0 Å². The van der Waals surface area contributed by atoms with Gasteiger partial charge in [-0.1, -0.05) is 26.0 Å². The number of nitrogens with zero attached hydrogens (tertiary/aromatic N) is 1. The topological polar surface area (TPSA) is 104 Å². The summed E-state index contributed by atoms with van der Waals surface area (Å²) in [5.41, 5.74) is -3.54. The average molecular weight is 438 g/mol. The van der Waals surface area contributed by atoms with Crippen LogP contribution in [0.4, 0.5) is 9.18 Å². The Bertz CT molecular complexity index is 847. The number of piperidine rings is 1. The monoisotopic (exact) mass is 437 g/mol. The second-order valence-electron chi connectivity index (χ2n) is 9.35. The van der Waals surface area contributed by atoms with Crippen molar-refractivity contribution in [1.82, 2.24) is 4.90 Å². The van der Waals surface area contributed by atoms with Gasteiger partial charge in [-0.15, -0.1) is 0 Å². The van der Waals surface area contributed by atoms with E-state index in [0.717, 1.165) is 0 Å². The van der Waals surface area contributed by atoms with Gasteiger partial charge in [0.1, 0.15) is 11.4 Å². The Morgan fingerprint density at radius 2 is 1.58 bits per heavy atom. The van der Waals surface area contributed by atoms with Crippen LogP contribution in [0.25, 0.3) is 0 Å². The second kappa shape index (κ2) is 8.48. The third-order valence-corrected chi connectivity index (χ3v) is 6.44. The maximum Gasteiger partial charge on any atom is 0.410 e. The Balaban J connectivity index is 2.80. The first-order chi connectivity index (χ1) is 14.3. The Morgan fingerprint density at radius 1 is 1.10 bits per heavy atom. The summed E-state index contributed by atoms with van der Waals surface area (Å²) >= 11 is 0. The Hall–Kier alpha value is -2.64. The third kappa shape index (κ3) is 4.25. The molecule has 1 saturated heterocycles. The molecule has 1 aliphatic heterocycles. The highest BCUT2D eigenvalue weighted by Crippen LogP contribution is 2.56. The minimum absolute atomic E-state index is 0.0529. The average Bonchev–Trinajstić information content (AvgIpc) is 2.67. The lowest BCUT2D eigenvalue weighted by molar-refractivity contribution is -0.171. The van der Waals surface area contributed by atoms with E-state index in [9.17, 15) is 29.0 Å². The summed E-state index contributed by atoms with van der Waals surface area (Å²) in [5, 5.41) is 20.7. The van der Waals surface area contributed by atoms with E-state index in [0.29, 0.717) is 5.56 Å². The van der Waals surface area contributed by atoms with Crippen molar-refractivity contribution in [2.24, 2.45) is 10.8 Å². The predicted octanol–water partition coefficient (Wildman–Crippen LogP) is 4.43. The van der Waals surface area contributed by atoms with E-state index in [4.69, 9.17) is 4.74 Å². The fourth-order valence-corrected chi connectivity index (χ4v) is 4.75. The predicted molar refractivity (Wildman–Crippen MR) is 112 cm³/mol. The normalized spacial score (nSPS) is 24.7. The van der Waals surface area contributed by atoms with Crippen LogP contribution in [0, 0.1) is 23.6 Å². The number of aliphatic carboxylic acids is 2. The first kappa shape index (κ1) is 24.6. The molecule has 2 rings (SSSR count). The van der Waals surface area contributed by atoms with Crippen molar-refractivity contribution in [2.45, 2.75) is 65.9 Å². The number of rotatable bonds is 5. The van der Waals surface area contributed by atoms with E-state index in [1.165, 1.54) is 24.0 Å². The molecule has 0 radical (unpaired) electrons. The van der Waals surface area contributed by atoms with Gasteiger partial charge in [-0.25, -0.2) is 9.18 Å². The van der Waals surface area contributed by atoms with Crippen molar-refractivity contribution < 1.29 is 33.7 Å². The van der Waals surface area contributed by atoms with Crippen molar-refractivity contribution in [3.63, 3.8) is 0 Å². The molecule has 0 aromatic heterocycles. The molecule has 0 aliphatic carbocycles. The van der Waals surface area contributed by atoms with E-state index in [1.807, 2.05) is 0 Å². The minimum atomic E-state index is -1.64. The molecule has 7 nitrogen and oxygen atoms in total. The maximum absolute atomic E-state index is 14.5. The molecule has 1 aromatic carbocycles. The summed E-state index contributed by atoms with van der Waals surface area (Å²) in [6, 6.07) is 4.31. The van der Waals surface area contributed by atoms with E-state index in [1.54, 1.807) is 40.7 Å². The molecule has 1 aromatic rings. The fourth-order valence-electron chi connectivity index (χ4n) is 4.75. The molecule has 0 spiro atoms. The van der Waals surface area contributed by atoms with Crippen molar-refractivity contribution in [3.05, 3.63) is 35.1 Å². The molecule has 172 valence electrons. The lowest BCUT2D eigenvalue weighted by atomic mass is 9.54. The lowest BCUT2D eigenvalue weighted by Gasteiger charge is -2.54. The summed E-state index contributed by atoms with van der Waals surface area (Å²) in [6.45, 7) is 9.41. The summed E-state index contributed by atoms with van der Waals surface area (Å²) in [6.07, 6.45) is -0.658. The van der Waals surface area contributed by atoms with E-state index in [-0.39, 0.29) is 31.5 Å². The van der Waals surface area contributed by atoms with Gasteiger partial charge >= 0.3 is 18.0 Å². The van der Waals surface area contributed by atoms with E-state index >= 15 is 0 Å². The Labute approximate surface area is 182 Å². The van der Waals surface area contributed by atoms with Gasteiger partial charge in [0.2, 0.25) is 0 Å². The molecule has 0 bridgehead atoms. The smallest absolute Gasteiger partial charge is 0.410 e. The van der Waals surface area contributed by atoms with E-state index < -0.39 is 46.2 Å². The minimum Gasteiger partial charge on any atom is -0.481 e. The van der Waals surface area contributed by atoms with Gasteiger partial charge in [0.05, 0.1) is 10.8 Å². The zero-order valence-electron chi connectivity index (χ0n) is 19.0. The number of hydrogen-bond donors (Lipinski definition) is 2. The quantitative estimate of drug-likeness (QED) is 0.706. The number of amides is 1. The number of carboxylic acid groups (broad SMARTS) is 2. The number of carboxylic acids is 2. The van der Waals surface area contributed by atoms with Gasteiger partial charge in [0, 0.05) is 19.0 Å². The number of carbonyl (C=O) groups excluding carboxylic acids is 1. The van der Waals surface area contributed by atoms with Crippen LogP contribution < -0.4 is 0 Å². The molecule has 0 unspecified atom stereocenters. The second-order valence-corrected chi connectivity index (χ2v) is 9.35. The molecule has 1 heterocycles. The number of likely N-dealkylation sites (tertiary alicyclic amines) is 1. The first-order valence-corrected chi connectivity index (χ1v) is 10.5. The summed E-state index contributed by atoms with van der Waals surface area (Å²) in [4.78, 5) is 39.5. The summed E-state index contributed by atoms with van der Waals surface area (Å²) in [7, 11) is 0. The van der Waals surface area contributed by atoms with Crippen LogP contribution in [-0.4, -0.2) is 51.8 Å². The van der Waals surface area contributed by atoms with Crippen LogP contribution in [0.3, 0.4) is 0 Å². The number of halogens is 1. The Morgan fingerprint density at radius 3 is 1.97 bits per heavy atom. The van der Waals surface area contributed by atoms with Gasteiger partial charge in [0.25, 0.3) is 0 Å². The van der Waals surface area contributed by atoms with Gasteiger partial charge in [-0.3, -0.25) is 9.59 Å². The van der Waals surface area contributed by atoms with Crippen molar-refractivity contribution in [3.8, 4) is 0 Å². The van der Waals surface area contributed by atoms with Crippen molar-refractivity contribution >= 4 is 18.0 Å². The zero-order valence-corrected chi connectivity index (χ0v) is 19.0. The zero-order chi connectivity index (χ0) is 23.8. The summed E-state index contributed by atoms with van der Waals surface area (Å²) < 4.78 is 19.9. The molecule has 8 heteroatoms. The number of carbonyl (C=O) groups is 3. The molecule has 0 saturated carbocycles. The maximum atomic E-state index is 14.5. The van der Waals surface area contributed by atoms with Crippen LogP contribution in [-0.2, 0) is 14.3 Å². The van der Waals surface area contributed by atoms with Crippen molar-refractivity contribution in [2.75, 3.05) is 13.1 Å². The third-order valence-electron chi connectivity index (χ3n) is 6.44. The van der Waals surface area contributed by atoms with Gasteiger partial charge in [-0.2, -0.15) is 0 Å². The van der Waals surface area contributed by atoms with Crippen molar-refractivity contribution in [1.29, 1.82) is 0 Å².